The first-order chi connectivity index (χ1) is 12.4. The van der Waals surface area contributed by atoms with E-state index in [0.29, 0.717) is 12.3 Å². The van der Waals surface area contributed by atoms with E-state index < -0.39 is 0 Å². The van der Waals surface area contributed by atoms with Crippen molar-refractivity contribution < 1.29 is 9.90 Å². The van der Waals surface area contributed by atoms with Crippen molar-refractivity contribution in [3.63, 3.8) is 0 Å². The Kier molecular flexibility index (Phi) is 5.37. The number of nitrogens with one attached hydrogen (secondary N) is 2. The van der Waals surface area contributed by atoms with E-state index in [4.69, 9.17) is 0 Å². The maximum absolute atomic E-state index is 12.4. The zero-order valence-corrected chi connectivity index (χ0v) is 15.9. The summed E-state index contributed by atoms with van der Waals surface area (Å²) in [7, 11) is 4.10. The average molecular weight is 355 g/mol. The number of amides is 2. The van der Waals surface area contributed by atoms with Gasteiger partial charge in [-0.1, -0.05) is 24.3 Å². The summed E-state index contributed by atoms with van der Waals surface area (Å²) in [6.45, 7) is 2.60. The molecule has 5 nitrogen and oxygen atoms in total. The van der Waals surface area contributed by atoms with Crippen LogP contribution in [-0.2, 0) is 12.8 Å². The molecule has 3 rings (SSSR count). The number of aromatic hydroxyl groups is 1. The van der Waals surface area contributed by atoms with Crippen molar-refractivity contribution in [2.24, 2.45) is 0 Å². The zero-order chi connectivity index (χ0) is 18.7. The number of nitrogens with zero attached hydrogens (tertiary/aromatic N) is 1. The summed E-state index contributed by atoms with van der Waals surface area (Å²) < 4.78 is 0. The van der Waals surface area contributed by atoms with E-state index in [1.165, 1.54) is 11.1 Å². The zero-order valence-electron chi connectivity index (χ0n) is 15.9. The Morgan fingerprint density at radius 2 is 2.08 bits per heavy atom. The van der Waals surface area contributed by atoms with Crippen LogP contribution in [0.1, 0.15) is 30.9 Å². The molecule has 0 heterocycles. The highest BCUT2D eigenvalue weighted by Crippen LogP contribution is 2.34. The summed E-state index contributed by atoms with van der Waals surface area (Å²) in [5.41, 5.74) is 3.53. The first-order valence-electron chi connectivity index (χ1n) is 9.26. The summed E-state index contributed by atoms with van der Waals surface area (Å²) in [5.74, 6) is 0.299. The Balaban J connectivity index is 1.56. The molecule has 0 spiro atoms. The van der Waals surface area contributed by atoms with Gasteiger partial charge in [-0.3, -0.25) is 0 Å². The third kappa shape index (κ3) is 4.10. The van der Waals surface area contributed by atoms with Crippen LogP contribution < -0.4 is 10.6 Å². The first kappa shape index (κ1) is 18.5. The smallest absolute Gasteiger partial charge is 0.315 e. The molecular weight excluding hydrogens is 326 g/mol. The lowest BCUT2D eigenvalue weighted by atomic mass is 9.94. The van der Waals surface area contributed by atoms with Crippen molar-refractivity contribution in [2.45, 2.75) is 44.2 Å². The molecule has 0 saturated heterocycles. The molecule has 0 saturated carbocycles. The molecule has 2 aliphatic carbocycles. The van der Waals surface area contributed by atoms with Gasteiger partial charge in [0.2, 0.25) is 0 Å². The maximum atomic E-state index is 12.4. The fraction of sp³-hybridized carbons (Fsp3) is 0.476. The van der Waals surface area contributed by atoms with Crippen LogP contribution in [0.2, 0.25) is 0 Å². The highest BCUT2D eigenvalue weighted by Gasteiger charge is 2.39. The van der Waals surface area contributed by atoms with Crippen molar-refractivity contribution in [2.75, 3.05) is 20.6 Å². The molecule has 2 atom stereocenters. The minimum atomic E-state index is -0.159. The molecular formula is C21H29N3O2. The van der Waals surface area contributed by atoms with Gasteiger partial charge in [-0.15, -0.1) is 0 Å². The van der Waals surface area contributed by atoms with Crippen LogP contribution in [0.25, 0.3) is 0 Å². The minimum absolute atomic E-state index is 0.0945. The SMILES string of the molecule is CC(CC1=CCC=C1)NC(=O)NCC1(N(C)C)Cc2ccc(O)cc2C1. The average Bonchev–Trinajstić information content (AvgIpc) is 3.20. The van der Waals surface area contributed by atoms with E-state index in [9.17, 15) is 9.90 Å². The van der Waals surface area contributed by atoms with E-state index in [1.54, 1.807) is 6.07 Å². The van der Waals surface area contributed by atoms with E-state index in [0.717, 1.165) is 31.2 Å². The molecule has 0 fully saturated rings. The number of benzene rings is 1. The van der Waals surface area contributed by atoms with Gasteiger partial charge in [-0.25, -0.2) is 4.79 Å². The van der Waals surface area contributed by atoms with Crippen LogP contribution in [0.3, 0.4) is 0 Å². The van der Waals surface area contributed by atoms with Gasteiger partial charge in [0.15, 0.2) is 0 Å². The van der Waals surface area contributed by atoms with Gasteiger partial charge in [-0.05, 0) is 75.5 Å². The third-order valence-corrected chi connectivity index (χ3v) is 5.52. The van der Waals surface area contributed by atoms with E-state index in [1.807, 2.05) is 33.2 Å². The quantitative estimate of drug-likeness (QED) is 0.735. The monoisotopic (exact) mass is 355 g/mol. The van der Waals surface area contributed by atoms with Gasteiger partial charge in [-0.2, -0.15) is 0 Å². The number of hydrogen-bond donors (Lipinski definition) is 3. The normalized spacial score (nSPS) is 22.2. The summed E-state index contributed by atoms with van der Waals surface area (Å²) in [6, 6.07) is 5.53. The minimum Gasteiger partial charge on any atom is -0.508 e. The number of carbonyl (C=O) groups excluding carboxylic acids is 1. The number of fused-ring (bicyclic) bond motifs is 1. The third-order valence-electron chi connectivity index (χ3n) is 5.52. The Hall–Kier alpha value is -2.27. The van der Waals surface area contributed by atoms with Crippen molar-refractivity contribution in [3.8, 4) is 5.75 Å². The van der Waals surface area contributed by atoms with Gasteiger partial charge in [0, 0.05) is 18.1 Å². The lowest BCUT2D eigenvalue weighted by molar-refractivity contribution is 0.157. The molecule has 3 N–H and O–H groups in total. The van der Waals surface area contributed by atoms with Crippen LogP contribution in [-0.4, -0.2) is 48.3 Å². The van der Waals surface area contributed by atoms with Crippen molar-refractivity contribution >= 4 is 6.03 Å². The van der Waals surface area contributed by atoms with Crippen molar-refractivity contribution in [1.29, 1.82) is 0 Å². The summed E-state index contributed by atoms with van der Waals surface area (Å²) >= 11 is 0. The molecule has 1 aromatic carbocycles. The fourth-order valence-electron chi connectivity index (χ4n) is 3.90. The van der Waals surface area contributed by atoms with Crippen LogP contribution in [0, 0.1) is 0 Å². The first-order valence-corrected chi connectivity index (χ1v) is 9.26. The molecule has 1 aromatic rings. The van der Waals surface area contributed by atoms with E-state index in [-0.39, 0.29) is 17.6 Å². The molecule has 26 heavy (non-hydrogen) atoms. The Labute approximate surface area is 155 Å². The van der Waals surface area contributed by atoms with Gasteiger partial charge in [0.1, 0.15) is 5.75 Å². The number of rotatable bonds is 6. The molecule has 2 amide bonds. The Morgan fingerprint density at radius 3 is 2.77 bits per heavy atom. The summed E-state index contributed by atoms with van der Waals surface area (Å²) in [6.07, 6.45) is 9.99. The second kappa shape index (κ2) is 7.54. The second-order valence-corrected chi connectivity index (χ2v) is 7.77. The number of carbonyl (C=O) groups is 1. The fourth-order valence-corrected chi connectivity index (χ4v) is 3.90. The largest absolute Gasteiger partial charge is 0.508 e. The lowest BCUT2D eigenvalue weighted by Crippen LogP contribution is -2.55. The highest BCUT2D eigenvalue weighted by atomic mass is 16.3. The molecule has 5 heteroatoms. The maximum Gasteiger partial charge on any atom is 0.315 e. The number of urea groups is 1. The summed E-state index contributed by atoms with van der Waals surface area (Å²) in [5, 5.41) is 15.8. The number of allylic oxidation sites excluding steroid dienone is 3. The van der Waals surface area contributed by atoms with Crippen LogP contribution in [0.5, 0.6) is 5.75 Å². The Morgan fingerprint density at radius 1 is 1.31 bits per heavy atom. The molecule has 2 aliphatic rings. The predicted molar refractivity (Wildman–Crippen MR) is 104 cm³/mol. The van der Waals surface area contributed by atoms with Gasteiger partial charge < -0.3 is 20.6 Å². The van der Waals surface area contributed by atoms with Crippen LogP contribution in [0.15, 0.2) is 42.0 Å². The second-order valence-electron chi connectivity index (χ2n) is 7.77. The predicted octanol–water partition coefficient (Wildman–Crippen LogP) is 2.76. The molecule has 0 aliphatic heterocycles. The van der Waals surface area contributed by atoms with Gasteiger partial charge in [0.25, 0.3) is 0 Å². The Bertz CT molecular complexity index is 739. The van der Waals surface area contributed by atoms with Gasteiger partial charge >= 0.3 is 6.03 Å². The lowest BCUT2D eigenvalue weighted by Gasteiger charge is -2.36. The number of phenolic OH excluding ortho intramolecular Hbond substituents is 1. The highest BCUT2D eigenvalue weighted by molar-refractivity contribution is 5.74. The molecule has 2 unspecified atom stereocenters. The van der Waals surface area contributed by atoms with E-state index >= 15 is 0 Å². The van der Waals surface area contributed by atoms with Crippen molar-refractivity contribution in [3.05, 3.63) is 53.1 Å². The number of likely N-dealkylation sites (N-methyl/N-ethyl adjacent to an activating group) is 1. The number of hydrogen-bond acceptors (Lipinski definition) is 3. The van der Waals surface area contributed by atoms with Crippen LogP contribution in [0.4, 0.5) is 4.79 Å². The summed E-state index contributed by atoms with van der Waals surface area (Å²) in [4.78, 5) is 14.5. The van der Waals surface area contributed by atoms with E-state index in [2.05, 4.69) is 33.8 Å². The molecule has 0 radical (unpaired) electrons. The topological polar surface area (TPSA) is 64.6 Å². The standard InChI is InChI=1S/C21H29N3O2/c1-15(10-16-6-4-5-7-16)23-20(26)22-14-21(24(2)3)12-17-8-9-19(25)11-18(17)13-21/h4,6-9,11,15,25H,5,10,12-14H2,1-3H3,(H2,22,23,26). The van der Waals surface area contributed by atoms with Crippen molar-refractivity contribution in [1.82, 2.24) is 15.5 Å². The number of phenols is 1. The van der Waals surface area contributed by atoms with Crippen LogP contribution >= 0.6 is 0 Å². The molecule has 0 bridgehead atoms. The molecule has 0 aromatic heterocycles. The van der Waals surface area contributed by atoms with Gasteiger partial charge in [0.05, 0.1) is 0 Å². The molecule has 140 valence electrons.